The number of morpholine rings is 1. The zero-order valence-corrected chi connectivity index (χ0v) is 22.8. The van der Waals surface area contributed by atoms with Gasteiger partial charge in [-0.2, -0.15) is 8.42 Å². The largest absolute Gasteiger partial charge is 0.478 e. The normalized spacial score (nSPS) is 17.2. The van der Waals surface area contributed by atoms with Gasteiger partial charge in [0.25, 0.3) is 0 Å². The maximum absolute atomic E-state index is 12.6. The third-order valence-electron chi connectivity index (χ3n) is 6.38. The molecule has 216 valence electrons. The number of anilines is 3. The molecule has 2 saturated heterocycles. The summed E-state index contributed by atoms with van der Waals surface area (Å²) in [7, 11) is -4.58. The standard InChI is InChI=1S/C18H20N4O5S.C9H8O4/c23-17-13-21(15-5-3-14(4-6-15)20-8-10-27-11-9-20)18(28(24,25)26)22(17)16-2-1-7-19-12-16;1-5-2-6(8(10)11)4-7(3-5)9(12)13/h1-7,12,18H,8-11,13H2,(H,24,25,26);2-4H,1H3,(H,10,11)(H,12,13). The van der Waals surface area contributed by atoms with E-state index in [2.05, 4.69) is 9.88 Å². The van der Waals surface area contributed by atoms with Crippen LogP contribution in [0.1, 0.15) is 26.3 Å². The van der Waals surface area contributed by atoms with Crippen molar-refractivity contribution in [2.75, 3.05) is 47.5 Å². The zero-order chi connectivity index (χ0) is 29.7. The fourth-order valence-corrected chi connectivity index (χ4v) is 5.57. The molecule has 2 aliphatic rings. The van der Waals surface area contributed by atoms with Gasteiger partial charge in [-0.25, -0.2) is 9.59 Å². The molecule has 3 heterocycles. The van der Waals surface area contributed by atoms with Gasteiger partial charge in [-0.3, -0.25) is 19.2 Å². The fourth-order valence-electron chi connectivity index (χ4n) is 4.55. The fraction of sp³-hybridized carbons (Fsp3) is 0.259. The van der Waals surface area contributed by atoms with E-state index in [0.29, 0.717) is 30.2 Å². The molecule has 1 amide bonds. The number of rotatable bonds is 6. The van der Waals surface area contributed by atoms with Crippen LogP contribution in [0.3, 0.4) is 0 Å². The molecule has 13 nitrogen and oxygen atoms in total. The minimum Gasteiger partial charge on any atom is -0.478 e. The van der Waals surface area contributed by atoms with Gasteiger partial charge in [0, 0.05) is 30.7 Å². The van der Waals surface area contributed by atoms with Crippen molar-refractivity contribution >= 4 is 45.0 Å². The first-order valence-electron chi connectivity index (χ1n) is 12.4. The van der Waals surface area contributed by atoms with Gasteiger partial charge >= 0.3 is 22.1 Å². The Hall–Kier alpha value is -4.53. The molecule has 5 rings (SSSR count). The number of aromatic nitrogens is 1. The molecule has 0 spiro atoms. The number of amides is 1. The number of carbonyl (C=O) groups excluding carboxylic acids is 1. The number of carboxylic acid groups (broad SMARTS) is 2. The predicted molar refractivity (Wildman–Crippen MR) is 149 cm³/mol. The first-order valence-corrected chi connectivity index (χ1v) is 13.9. The average molecular weight is 585 g/mol. The maximum Gasteiger partial charge on any atom is 0.335 e. The van der Waals surface area contributed by atoms with Crippen molar-refractivity contribution in [2.24, 2.45) is 0 Å². The lowest BCUT2D eigenvalue weighted by atomic mass is 10.1. The Morgan fingerprint density at radius 1 is 0.927 bits per heavy atom. The first-order chi connectivity index (χ1) is 19.5. The van der Waals surface area contributed by atoms with Crippen LogP contribution < -0.4 is 14.7 Å². The number of ether oxygens (including phenoxy) is 1. The third kappa shape index (κ3) is 6.98. The Morgan fingerprint density at radius 2 is 1.51 bits per heavy atom. The van der Waals surface area contributed by atoms with Gasteiger partial charge in [0.2, 0.25) is 11.4 Å². The summed E-state index contributed by atoms with van der Waals surface area (Å²) < 4.78 is 39.5. The zero-order valence-electron chi connectivity index (χ0n) is 22.0. The van der Waals surface area contributed by atoms with Crippen LogP contribution in [-0.4, -0.2) is 84.4 Å². The van der Waals surface area contributed by atoms with E-state index < -0.39 is 33.5 Å². The molecular formula is C27H28N4O9S. The summed E-state index contributed by atoms with van der Waals surface area (Å²) in [6.45, 7) is 4.36. The molecule has 0 radical (unpaired) electrons. The number of pyridine rings is 1. The minimum atomic E-state index is -4.58. The highest BCUT2D eigenvalue weighted by Crippen LogP contribution is 2.32. The van der Waals surface area contributed by atoms with Gasteiger partial charge in [0.05, 0.1) is 36.2 Å². The molecule has 2 fully saturated rings. The lowest BCUT2D eigenvalue weighted by molar-refractivity contribution is -0.116. The minimum absolute atomic E-state index is 0.00241. The number of aromatic carboxylic acids is 2. The molecule has 0 aliphatic carbocycles. The Balaban J connectivity index is 0.000000251. The molecule has 1 aromatic heterocycles. The molecular weight excluding hydrogens is 556 g/mol. The van der Waals surface area contributed by atoms with Crippen LogP contribution in [0.5, 0.6) is 0 Å². The number of carboxylic acids is 2. The van der Waals surface area contributed by atoms with Crippen LogP contribution in [-0.2, 0) is 19.6 Å². The van der Waals surface area contributed by atoms with E-state index in [0.717, 1.165) is 29.7 Å². The maximum atomic E-state index is 12.6. The highest BCUT2D eigenvalue weighted by molar-refractivity contribution is 7.86. The number of carbonyl (C=O) groups is 3. The van der Waals surface area contributed by atoms with Gasteiger partial charge in [0.1, 0.15) is 6.54 Å². The second-order valence-corrected chi connectivity index (χ2v) is 10.7. The topological polar surface area (TPSA) is 178 Å². The van der Waals surface area contributed by atoms with Gasteiger partial charge in [-0.1, -0.05) is 0 Å². The summed E-state index contributed by atoms with van der Waals surface area (Å²) in [5, 5.41) is 17.2. The predicted octanol–water partition coefficient (Wildman–Crippen LogP) is 2.33. The van der Waals surface area contributed by atoms with E-state index >= 15 is 0 Å². The quantitative estimate of drug-likeness (QED) is 0.361. The smallest absolute Gasteiger partial charge is 0.335 e. The SMILES string of the molecule is Cc1cc(C(=O)O)cc(C(=O)O)c1.O=C1CN(c2ccc(N3CCOCC3)cc2)C(S(=O)(=O)O)N1c1cccnc1. The number of hydrogen-bond donors (Lipinski definition) is 3. The third-order valence-corrected chi connectivity index (χ3v) is 7.38. The molecule has 0 saturated carbocycles. The second kappa shape index (κ2) is 12.3. The van der Waals surface area contributed by atoms with E-state index in [4.69, 9.17) is 14.9 Å². The summed E-state index contributed by atoms with van der Waals surface area (Å²) in [5.74, 6) is -2.68. The lowest BCUT2D eigenvalue weighted by Crippen LogP contribution is -2.46. The Kier molecular flexibility index (Phi) is 8.86. The van der Waals surface area contributed by atoms with Gasteiger partial charge in [-0.15, -0.1) is 0 Å². The van der Waals surface area contributed by atoms with Crippen molar-refractivity contribution < 1.29 is 42.3 Å². The average Bonchev–Trinajstić information content (AvgIpc) is 3.32. The van der Waals surface area contributed by atoms with E-state index in [9.17, 15) is 27.4 Å². The van der Waals surface area contributed by atoms with Gasteiger partial charge in [0.15, 0.2) is 0 Å². The van der Waals surface area contributed by atoms with E-state index in [1.54, 1.807) is 31.2 Å². The molecule has 2 aliphatic heterocycles. The number of benzene rings is 2. The summed E-state index contributed by atoms with van der Waals surface area (Å²) in [6.07, 6.45) is 2.91. The van der Waals surface area contributed by atoms with Crippen LogP contribution >= 0.6 is 0 Å². The Labute approximate surface area is 236 Å². The molecule has 14 heteroatoms. The highest BCUT2D eigenvalue weighted by Gasteiger charge is 2.46. The van der Waals surface area contributed by atoms with E-state index in [1.807, 2.05) is 12.1 Å². The van der Waals surface area contributed by atoms with Crippen LogP contribution in [0.25, 0.3) is 0 Å². The molecule has 1 unspecified atom stereocenters. The molecule has 3 aromatic rings. The van der Waals surface area contributed by atoms with Crippen LogP contribution in [0.4, 0.5) is 17.1 Å². The number of nitrogens with zero attached hydrogens (tertiary/aromatic N) is 4. The lowest BCUT2D eigenvalue weighted by Gasteiger charge is -2.30. The van der Waals surface area contributed by atoms with E-state index in [1.165, 1.54) is 29.4 Å². The summed E-state index contributed by atoms with van der Waals surface area (Å²) in [5.41, 5.74) is 0.901. The highest BCUT2D eigenvalue weighted by atomic mass is 32.2. The number of hydrogen-bond acceptors (Lipinski definition) is 9. The van der Waals surface area contributed by atoms with Crippen molar-refractivity contribution in [1.82, 2.24) is 4.98 Å². The summed E-state index contributed by atoms with van der Waals surface area (Å²) in [6, 6.07) is 14.4. The van der Waals surface area contributed by atoms with Crippen LogP contribution in [0.15, 0.2) is 67.0 Å². The first kappa shape index (κ1) is 29.5. The summed E-state index contributed by atoms with van der Waals surface area (Å²) >= 11 is 0. The van der Waals surface area contributed by atoms with Crippen LogP contribution in [0, 0.1) is 6.92 Å². The van der Waals surface area contributed by atoms with Crippen molar-refractivity contribution in [1.29, 1.82) is 0 Å². The monoisotopic (exact) mass is 584 g/mol. The van der Waals surface area contributed by atoms with Crippen molar-refractivity contribution in [3.63, 3.8) is 0 Å². The number of aryl methyl sites for hydroxylation is 1. The second-order valence-electron chi connectivity index (χ2n) is 9.26. The van der Waals surface area contributed by atoms with Crippen molar-refractivity contribution in [2.45, 2.75) is 12.4 Å². The van der Waals surface area contributed by atoms with Gasteiger partial charge < -0.3 is 24.7 Å². The molecule has 2 aromatic carbocycles. The van der Waals surface area contributed by atoms with Crippen LogP contribution in [0.2, 0.25) is 0 Å². The molecule has 3 N–H and O–H groups in total. The van der Waals surface area contributed by atoms with Crippen molar-refractivity contribution in [3.8, 4) is 0 Å². The Morgan fingerprint density at radius 3 is 2.02 bits per heavy atom. The molecule has 41 heavy (non-hydrogen) atoms. The van der Waals surface area contributed by atoms with E-state index in [-0.39, 0.29) is 17.7 Å². The van der Waals surface area contributed by atoms with Gasteiger partial charge in [-0.05, 0) is 67.1 Å². The van der Waals surface area contributed by atoms with Crippen molar-refractivity contribution in [3.05, 3.63) is 83.7 Å². The molecule has 1 atom stereocenters. The molecule has 0 bridgehead atoms. The Bertz CT molecular complexity index is 1490. The summed E-state index contributed by atoms with van der Waals surface area (Å²) in [4.78, 5) is 42.2.